The summed E-state index contributed by atoms with van der Waals surface area (Å²) < 4.78 is 5.27. The van der Waals surface area contributed by atoms with Gasteiger partial charge in [0.05, 0.1) is 18.7 Å². The third-order valence-corrected chi connectivity index (χ3v) is 3.02. The molecule has 0 aliphatic carbocycles. The highest BCUT2D eigenvalue weighted by Gasteiger charge is 2.16. The molecule has 0 aliphatic rings. The maximum absolute atomic E-state index is 11.8. The molecule has 2 aromatic rings. The van der Waals surface area contributed by atoms with Crippen LogP contribution in [0.25, 0.3) is 11.4 Å². The fraction of sp³-hybridized carbons (Fsp3) is 0.357. The van der Waals surface area contributed by atoms with Gasteiger partial charge in [-0.1, -0.05) is 25.5 Å². The van der Waals surface area contributed by atoms with E-state index in [1.807, 2.05) is 31.2 Å². The number of H-pyrrole nitrogens is 1. The minimum Gasteiger partial charge on any atom is -0.496 e. The van der Waals surface area contributed by atoms with E-state index < -0.39 is 6.04 Å². The molecule has 7 heteroatoms. The molecular weight excluding hydrogens is 270 g/mol. The van der Waals surface area contributed by atoms with Crippen molar-refractivity contribution in [1.82, 2.24) is 15.2 Å². The number of aromatic amines is 1. The number of carbonyl (C=O) groups is 1. The Morgan fingerprint density at radius 1 is 1.48 bits per heavy atom. The topological polar surface area (TPSA) is 106 Å². The van der Waals surface area contributed by atoms with Gasteiger partial charge in [0.25, 0.3) is 0 Å². The lowest BCUT2D eigenvalue weighted by Crippen LogP contribution is -2.35. The number of aromatic nitrogens is 3. The van der Waals surface area contributed by atoms with Gasteiger partial charge in [-0.15, -0.1) is 5.10 Å². The highest BCUT2D eigenvalue weighted by molar-refractivity contribution is 5.93. The molecular formula is C14H19N5O2. The summed E-state index contributed by atoms with van der Waals surface area (Å²) in [6, 6.07) is 6.87. The normalized spacial score (nSPS) is 12.0. The van der Waals surface area contributed by atoms with Crippen LogP contribution in [0.3, 0.4) is 0 Å². The molecule has 0 saturated carbocycles. The second-order valence-electron chi connectivity index (χ2n) is 4.59. The van der Waals surface area contributed by atoms with Gasteiger partial charge in [0.15, 0.2) is 5.82 Å². The van der Waals surface area contributed by atoms with Crippen molar-refractivity contribution in [2.24, 2.45) is 5.73 Å². The summed E-state index contributed by atoms with van der Waals surface area (Å²) in [6.45, 7) is 1.97. The summed E-state index contributed by atoms with van der Waals surface area (Å²) >= 11 is 0. The molecule has 1 atom stereocenters. The van der Waals surface area contributed by atoms with Gasteiger partial charge in [-0.3, -0.25) is 15.2 Å². The van der Waals surface area contributed by atoms with Gasteiger partial charge in [0.2, 0.25) is 11.9 Å². The third-order valence-electron chi connectivity index (χ3n) is 3.02. The van der Waals surface area contributed by atoms with Crippen molar-refractivity contribution >= 4 is 11.9 Å². The zero-order valence-corrected chi connectivity index (χ0v) is 12.1. The molecule has 1 heterocycles. The van der Waals surface area contributed by atoms with Gasteiger partial charge in [0, 0.05) is 0 Å². The van der Waals surface area contributed by atoms with E-state index in [0.717, 1.165) is 12.0 Å². The van der Waals surface area contributed by atoms with Crippen LogP contribution in [0, 0.1) is 0 Å². The van der Waals surface area contributed by atoms with Crippen LogP contribution in [0.1, 0.15) is 19.8 Å². The number of nitrogens with zero attached hydrogens (tertiary/aromatic N) is 2. The number of para-hydroxylation sites is 1. The first-order valence-electron chi connectivity index (χ1n) is 6.78. The molecule has 0 bridgehead atoms. The molecule has 2 rings (SSSR count). The van der Waals surface area contributed by atoms with Crippen molar-refractivity contribution in [3.63, 3.8) is 0 Å². The van der Waals surface area contributed by atoms with Crippen LogP contribution in [0.2, 0.25) is 0 Å². The molecule has 0 spiro atoms. The van der Waals surface area contributed by atoms with E-state index in [1.54, 1.807) is 7.11 Å². The second-order valence-corrected chi connectivity index (χ2v) is 4.59. The van der Waals surface area contributed by atoms with Gasteiger partial charge in [-0.25, -0.2) is 0 Å². The van der Waals surface area contributed by atoms with Crippen molar-refractivity contribution in [3.8, 4) is 17.1 Å². The number of methoxy groups -OCH3 is 1. The number of nitrogens with two attached hydrogens (primary N) is 1. The highest BCUT2D eigenvalue weighted by atomic mass is 16.5. The quantitative estimate of drug-likeness (QED) is 0.748. The molecule has 7 nitrogen and oxygen atoms in total. The summed E-state index contributed by atoms with van der Waals surface area (Å²) in [5.41, 5.74) is 6.51. The lowest BCUT2D eigenvalue weighted by atomic mass is 10.2. The minimum atomic E-state index is -0.553. The Morgan fingerprint density at radius 2 is 2.24 bits per heavy atom. The number of amides is 1. The minimum absolute atomic E-state index is 0.201. The van der Waals surface area contributed by atoms with E-state index >= 15 is 0 Å². The largest absolute Gasteiger partial charge is 0.496 e. The molecule has 4 N–H and O–H groups in total. The smallest absolute Gasteiger partial charge is 0.249 e. The summed E-state index contributed by atoms with van der Waals surface area (Å²) in [4.78, 5) is 16.1. The van der Waals surface area contributed by atoms with Crippen LogP contribution < -0.4 is 15.8 Å². The van der Waals surface area contributed by atoms with Crippen LogP contribution in [0.4, 0.5) is 5.95 Å². The molecule has 1 aromatic heterocycles. The molecule has 112 valence electrons. The maximum Gasteiger partial charge on any atom is 0.249 e. The zero-order chi connectivity index (χ0) is 15.2. The van der Waals surface area contributed by atoms with Crippen LogP contribution in [-0.2, 0) is 4.79 Å². The number of hydrogen-bond acceptors (Lipinski definition) is 5. The average Bonchev–Trinajstić information content (AvgIpc) is 2.95. The molecule has 0 radical (unpaired) electrons. The molecule has 0 saturated heterocycles. The third kappa shape index (κ3) is 3.57. The van der Waals surface area contributed by atoms with Crippen LogP contribution in [-0.4, -0.2) is 34.2 Å². The number of nitrogens with one attached hydrogen (secondary N) is 2. The lowest BCUT2D eigenvalue weighted by molar-refractivity contribution is -0.117. The number of anilines is 1. The second kappa shape index (κ2) is 6.85. The molecule has 1 aromatic carbocycles. The Labute approximate surface area is 122 Å². The number of benzene rings is 1. The Hall–Kier alpha value is -2.41. The van der Waals surface area contributed by atoms with Crippen molar-refractivity contribution < 1.29 is 9.53 Å². The SMILES string of the molecule is CCCC(N)C(=O)Nc1n[nH]c(-c2ccccc2OC)n1. The first kappa shape index (κ1) is 15.0. The first-order valence-corrected chi connectivity index (χ1v) is 6.78. The molecule has 0 aliphatic heterocycles. The van der Waals surface area contributed by atoms with Crippen molar-refractivity contribution in [2.45, 2.75) is 25.8 Å². The Bertz CT molecular complexity index is 611. The molecule has 1 amide bonds. The van der Waals surface area contributed by atoms with E-state index in [0.29, 0.717) is 18.0 Å². The van der Waals surface area contributed by atoms with Crippen LogP contribution >= 0.6 is 0 Å². The van der Waals surface area contributed by atoms with E-state index in [2.05, 4.69) is 20.5 Å². The maximum atomic E-state index is 11.8. The predicted molar refractivity (Wildman–Crippen MR) is 79.9 cm³/mol. The van der Waals surface area contributed by atoms with E-state index in [4.69, 9.17) is 10.5 Å². The Balaban J connectivity index is 2.13. The van der Waals surface area contributed by atoms with E-state index in [9.17, 15) is 4.79 Å². The fourth-order valence-corrected chi connectivity index (χ4v) is 1.92. The molecule has 1 unspecified atom stereocenters. The van der Waals surface area contributed by atoms with Gasteiger partial charge < -0.3 is 10.5 Å². The van der Waals surface area contributed by atoms with Crippen molar-refractivity contribution in [2.75, 3.05) is 12.4 Å². The van der Waals surface area contributed by atoms with E-state index in [-0.39, 0.29) is 11.9 Å². The standard InChI is InChI=1S/C14H19N5O2/c1-3-6-10(15)13(20)17-14-16-12(18-19-14)9-7-4-5-8-11(9)21-2/h4-5,7-8,10H,3,6,15H2,1-2H3,(H2,16,17,18,19,20). The highest BCUT2D eigenvalue weighted by Crippen LogP contribution is 2.26. The van der Waals surface area contributed by atoms with Crippen molar-refractivity contribution in [3.05, 3.63) is 24.3 Å². The summed E-state index contributed by atoms with van der Waals surface area (Å²) in [5.74, 6) is 1.11. The monoisotopic (exact) mass is 289 g/mol. The number of hydrogen-bond donors (Lipinski definition) is 3. The van der Waals surface area contributed by atoms with Gasteiger partial charge in [-0.2, -0.15) is 4.98 Å². The molecule has 21 heavy (non-hydrogen) atoms. The predicted octanol–water partition coefficient (Wildman–Crippen LogP) is 1.55. The van der Waals surface area contributed by atoms with Crippen LogP contribution in [0.5, 0.6) is 5.75 Å². The molecule has 0 fully saturated rings. The summed E-state index contributed by atoms with van der Waals surface area (Å²) in [7, 11) is 1.58. The summed E-state index contributed by atoms with van der Waals surface area (Å²) in [5, 5.41) is 9.34. The van der Waals surface area contributed by atoms with Crippen molar-refractivity contribution in [1.29, 1.82) is 0 Å². The van der Waals surface area contributed by atoms with Gasteiger partial charge >= 0.3 is 0 Å². The number of carbonyl (C=O) groups excluding carboxylic acids is 1. The number of ether oxygens (including phenoxy) is 1. The fourth-order valence-electron chi connectivity index (χ4n) is 1.92. The Kier molecular flexibility index (Phi) is 4.89. The first-order chi connectivity index (χ1) is 10.2. The lowest BCUT2D eigenvalue weighted by Gasteiger charge is -2.08. The summed E-state index contributed by atoms with van der Waals surface area (Å²) in [6.07, 6.45) is 1.46. The average molecular weight is 289 g/mol. The van der Waals surface area contributed by atoms with Gasteiger partial charge in [0.1, 0.15) is 5.75 Å². The zero-order valence-electron chi connectivity index (χ0n) is 12.1. The Morgan fingerprint density at radius 3 is 2.95 bits per heavy atom. The van der Waals surface area contributed by atoms with Gasteiger partial charge in [-0.05, 0) is 18.6 Å². The van der Waals surface area contributed by atoms with E-state index in [1.165, 1.54) is 0 Å². The number of rotatable bonds is 6. The van der Waals surface area contributed by atoms with Crippen LogP contribution in [0.15, 0.2) is 24.3 Å².